The van der Waals surface area contributed by atoms with Crippen molar-refractivity contribution in [1.29, 1.82) is 0 Å². The van der Waals surface area contributed by atoms with Crippen LogP contribution >= 0.6 is 11.8 Å². The number of benzene rings is 2. The zero-order valence-electron chi connectivity index (χ0n) is 17.2. The fraction of sp³-hybridized carbons (Fsp3) is 0.273. The molecule has 3 aromatic rings. The molecule has 2 heterocycles. The zero-order valence-corrected chi connectivity index (χ0v) is 18.0. The van der Waals surface area contributed by atoms with Gasteiger partial charge in [0.2, 0.25) is 17.7 Å². The van der Waals surface area contributed by atoms with Crippen molar-refractivity contribution < 1.29 is 18.7 Å². The summed E-state index contributed by atoms with van der Waals surface area (Å²) in [6.45, 7) is 0.457. The lowest BCUT2D eigenvalue weighted by molar-refractivity contribution is -0.117. The quantitative estimate of drug-likeness (QED) is 0.564. The molecular formula is C22H22N4O4S. The molecule has 0 bridgehead atoms. The molecule has 0 spiro atoms. The minimum absolute atomic E-state index is 0.00481. The van der Waals surface area contributed by atoms with Crippen LogP contribution in [0, 0.1) is 0 Å². The van der Waals surface area contributed by atoms with Crippen LogP contribution in [0.1, 0.15) is 23.8 Å². The molecule has 0 radical (unpaired) electrons. The SMILES string of the molecule is COc1ccc(CC(=O)Nc2nnc([C@H]3CC(=O)N(c4ccc(SC)cc4)C3)o2)cc1. The van der Waals surface area contributed by atoms with Crippen LogP contribution in [0.3, 0.4) is 0 Å². The standard InChI is InChI=1S/C22H22N4O4S/c1-29-17-7-3-14(4-8-17)11-19(27)23-22-25-24-21(30-22)15-12-20(28)26(13-15)16-5-9-18(31-2)10-6-16/h3-10,15H,11-13H2,1-2H3,(H,23,25,27)/t15-/m0/s1. The molecular weight excluding hydrogens is 416 g/mol. The number of methoxy groups -OCH3 is 1. The van der Waals surface area contributed by atoms with Crippen molar-refractivity contribution in [3.8, 4) is 5.75 Å². The molecule has 2 amide bonds. The van der Waals surface area contributed by atoms with Crippen molar-refractivity contribution in [1.82, 2.24) is 10.2 Å². The van der Waals surface area contributed by atoms with Crippen molar-refractivity contribution in [2.75, 3.05) is 30.1 Å². The number of rotatable bonds is 7. The topological polar surface area (TPSA) is 97.6 Å². The Hall–Kier alpha value is -3.33. The second-order valence-corrected chi connectivity index (χ2v) is 8.00. The molecule has 31 heavy (non-hydrogen) atoms. The normalized spacial score (nSPS) is 15.9. The first kappa shape index (κ1) is 20.9. The number of amides is 2. The van der Waals surface area contributed by atoms with E-state index in [-0.39, 0.29) is 36.6 Å². The number of anilines is 2. The zero-order chi connectivity index (χ0) is 21.8. The largest absolute Gasteiger partial charge is 0.497 e. The number of nitrogens with zero attached hydrogens (tertiary/aromatic N) is 3. The van der Waals surface area contributed by atoms with Crippen LogP contribution in [0.5, 0.6) is 5.75 Å². The fourth-order valence-corrected chi connectivity index (χ4v) is 3.84. The summed E-state index contributed by atoms with van der Waals surface area (Å²) in [5, 5.41) is 10.6. The van der Waals surface area contributed by atoms with E-state index in [9.17, 15) is 9.59 Å². The van der Waals surface area contributed by atoms with Gasteiger partial charge in [-0.05, 0) is 48.2 Å². The van der Waals surface area contributed by atoms with Gasteiger partial charge >= 0.3 is 6.01 Å². The molecule has 1 N–H and O–H groups in total. The first-order valence-corrected chi connectivity index (χ1v) is 11.0. The Morgan fingerprint density at radius 3 is 2.61 bits per heavy atom. The van der Waals surface area contributed by atoms with Gasteiger partial charge < -0.3 is 14.1 Å². The molecule has 0 saturated carbocycles. The van der Waals surface area contributed by atoms with E-state index in [1.807, 2.05) is 42.7 Å². The Labute approximate surface area is 184 Å². The van der Waals surface area contributed by atoms with Crippen molar-refractivity contribution >= 4 is 35.3 Å². The molecule has 4 rings (SSSR count). The number of carbonyl (C=O) groups excluding carboxylic acids is 2. The van der Waals surface area contributed by atoms with Gasteiger partial charge in [-0.2, -0.15) is 0 Å². The third kappa shape index (κ3) is 4.88. The van der Waals surface area contributed by atoms with Crippen LogP contribution in [0.15, 0.2) is 57.8 Å². The molecule has 1 saturated heterocycles. The van der Waals surface area contributed by atoms with Gasteiger partial charge in [0, 0.05) is 23.5 Å². The number of ether oxygens (including phenoxy) is 1. The summed E-state index contributed by atoms with van der Waals surface area (Å²) in [5.41, 5.74) is 1.68. The highest BCUT2D eigenvalue weighted by Gasteiger charge is 2.35. The lowest BCUT2D eigenvalue weighted by Gasteiger charge is -2.16. The Kier molecular flexibility index (Phi) is 6.22. The van der Waals surface area contributed by atoms with Gasteiger partial charge in [-0.1, -0.05) is 17.2 Å². The molecule has 1 atom stereocenters. The van der Waals surface area contributed by atoms with E-state index in [1.165, 1.54) is 0 Å². The second kappa shape index (κ2) is 9.22. The molecule has 1 aromatic heterocycles. The van der Waals surface area contributed by atoms with Gasteiger partial charge in [-0.3, -0.25) is 14.9 Å². The lowest BCUT2D eigenvalue weighted by atomic mass is 10.1. The average molecular weight is 439 g/mol. The first-order valence-electron chi connectivity index (χ1n) is 9.76. The van der Waals surface area contributed by atoms with Crippen LogP contribution < -0.4 is 15.0 Å². The third-order valence-electron chi connectivity index (χ3n) is 5.07. The molecule has 9 heteroatoms. The summed E-state index contributed by atoms with van der Waals surface area (Å²) in [6.07, 6.45) is 2.46. The minimum Gasteiger partial charge on any atom is -0.497 e. The van der Waals surface area contributed by atoms with Crippen LogP contribution in [0.2, 0.25) is 0 Å². The highest BCUT2D eigenvalue weighted by Crippen LogP contribution is 2.32. The summed E-state index contributed by atoms with van der Waals surface area (Å²) >= 11 is 1.65. The van der Waals surface area contributed by atoms with E-state index >= 15 is 0 Å². The number of hydrogen-bond acceptors (Lipinski definition) is 7. The minimum atomic E-state index is -0.265. The number of nitrogens with one attached hydrogen (secondary N) is 1. The predicted octanol–water partition coefficient (Wildman–Crippen LogP) is 3.50. The van der Waals surface area contributed by atoms with E-state index in [0.717, 1.165) is 21.9 Å². The molecule has 1 aliphatic rings. The monoisotopic (exact) mass is 438 g/mol. The van der Waals surface area contributed by atoms with E-state index in [2.05, 4.69) is 15.5 Å². The maximum absolute atomic E-state index is 12.5. The number of thioether (sulfide) groups is 1. The van der Waals surface area contributed by atoms with Crippen LogP contribution in [-0.4, -0.2) is 41.9 Å². The summed E-state index contributed by atoms with van der Waals surface area (Å²) in [6, 6.07) is 15.1. The Morgan fingerprint density at radius 1 is 1.19 bits per heavy atom. The van der Waals surface area contributed by atoms with E-state index in [4.69, 9.17) is 9.15 Å². The highest BCUT2D eigenvalue weighted by atomic mass is 32.2. The molecule has 160 valence electrons. The maximum Gasteiger partial charge on any atom is 0.322 e. The third-order valence-corrected chi connectivity index (χ3v) is 5.81. The average Bonchev–Trinajstić information content (AvgIpc) is 3.41. The molecule has 8 nitrogen and oxygen atoms in total. The maximum atomic E-state index is 12.5. The molecule has 1 aliphatic heterocycles. The number of hydrogen-bond donors (Lipinski definition) is 1. The second-order valence-electron chi connectivity index (χ2n) is 7.12. The molecule has 1 fully saturated rings. The van der Waals surface area contributed by atoms with E-state index in [0.29, 0.717) is 12.4 Å². The summed E-state index contributed by atoms with van der Waals surface area (Å²) in [5.74, 6) is 0.596. The summed E-state index contributed by atoms with van der Waals surface area (Å²) in [7, 11) is 1.59. The lowest BCUT2D eigenvalue weighted by Crippen LogP contribution is -2.24. The summed E-state index contributed by atoms with van der Waals surface area (Å²) in [4.78, 5) is 27.6. The van der Waals surface area contributed by atoms with Gasteiger partial charge in [-0.25, -0.2) is 0 Å². The summed E-state index contributed by atoms with van der Waals surface area (Å²) < 4.78 is 10.7. The highest BCUT2D eigenvalue weighted by molar-refractivity contribution is 7.98. The van der Waals surface area contributed by atoms with Crippen molar-refractivity contribution in [2.24, 2.45) is 0 Å². The molecule has 0 unspecified atom stereocenters. The van der Waals surface area contributed by atoms with Gasteiger partial charge in [0.15, 0.2) is 0 Å². The smallest absolute Gasteiger partial charge is 0.322 e. The van der Waals surface area contributed by atoms with Crippen molar-refractivity contribution in [3.63, 3.8) is 0 Å². The number of carbonyl (C=O) groups is 2. The van der Waals surface area contributed by atoms with E-state index in [1.54, 1.807) is 35.9 Å². The van der Waals surface area contributed by atoms with Gasteiger partial charge in [0.25, 0.3) is 0 Å². The van der Waals surface area contributed by atoms with Crippen molar-refractivity contribution in [2.45, 2.75) is 23.7 Å². The number of aromatic nitrogens is 2. The van der Waals surface area contributed by atoms with Gasteiger partial charge in [0.05, 0.1) is 19.4 Å². The first-order chi connectivity index (χ1) is 15.1. The Bertz CT molecular complexity index is 1070. The van der Waals surface area contributed by atoms with Crippen LogP contribution in [0.4, 0.5) is 11.7 Å². The Morgan fingerprint density at radius 2 is 1.94 bits per heavy atom. The van der Waals surface area contributed by atoms with Gasteiger partial charge in [-0.15, -0.1) is 16.9 Å². The fourth-order valence-electron chi connectivity index (χ4n) is 3.43. The molecule has 2 aromatic carbocycles. The molecule has 0 aliphatic carbocycles. The van der Waals surface area contributed by atoms with E-state index < -0.39 is 0 Å². The predicted molar refractivity (Wildman–Crippen MR) is 118 cm³/mol. The van der Waals surface area contributed by atoms with Crippen LogP contribution in [-0.2, 0) is 16.0 Å². The Balaban J connectivity index is 1.36. The van der Waals surface area contributed by atoms with Crippen LogP contribution in [0.25, 0.3) is 0 Å². The van der Waals surface area contributed by atoms with Gasteiger partial charge in [0.1, 0.15) is 5.75 Å². The van der Waals surface area contributed by atoms with Crippen molar-refractivity contribution in [3.05, 3.63) is 60.0 Å².